The van der Waals surface area contributed by atoms with Crippen LogP contribution >= 0.6 is 0 Å². The van der Waals surface area contributed by atoms with Crippen LogP contribution in [0.15, 0.2) is 12.1 Å². The molecule has 5 heteroatoms. The number of nitrogens with zero attached hydrogens (tertiary/aromatic N) is 1. The molecule has 1 aromatic heterocycles. The maximum atomic E-state index is 12.1. The molecule has 1 heterocycles. The number of aromatic nitrogens is 1. The predicted molar refractivity (Wildman–Crippen MR) is 71.1 cm³/mol. The van der Waals surface area contributed by atoms with Gasteiger partial charge < -0.3 is 10.7 Å². The van der Waals surface area contributed by atoms with Crippen LogP contribution in [-0.4, -0.2) is 16.9 Å². The molecule has 0 unspecified atom stereocenters. The van der Waals surface area contributed by atoms with Crippen LogP contribution in [0.3, 0.4) is 0 Å². The maximum absolute atomic E-state index is 12.1. The molecular weight excluding hydrogens is 228 g/mol. The Kier molecular flexibility index (Phi) is 4.15. The van der Waals surface area contributed by atoms with E-state index in [4.69, 9.17) is 5.84 Å². The third-order valence-corrected chi connectivity index (χ3v) is 3.34. The highest BCUT2D eigenvalue weighted by atomic mass is 16.1. The monoisotopic (exact) mass is 248 g/mol. The highest BCUT2D eigenvalue weighted by Gasteiger charge is 2.18. The molecule has 0 saturated heterocycles. The summed E-state index contributed by atoms with van der Waals surface area (Å²) in [6, 6.07) is 3.83. The summed E-state index contributed by atoms with van der Waals surface area (Å²) in [7, 11) is 0. The normalized spacial score (nSPS) is 15.7. The molecule has 1 aliphatic rings. The molecule has 1 saturated carbocycles. The molecule has 0 spiro atoms. The Morgan fingerprint density at radius 1 is 1.44 bits per heavy atom. The summed E-state index contributed by atoms with van der Waals surface area (Å²) in [4.78, 5) is 16.4. The fraction of sp³-hybridized carbons (Fsp3) is 0.538. The van der Waals surface area contributed by atoms with Crippen molar-refractivity contribution in [3.8, 4) is 0 Å². The average Bonchev–Trinajstić information content (AvgIpc) is 2.90. The highest BCUT2D eigenvalue weighted by molar-refractivity contribution is 5.95. The smallest absolute Gasteiger partial charge is 0.251 e. The van der Waals surface area contributed by atoms with Crippen molar-refractivity contribution < 1.29 is 4.79 Å². The van der Waals surface area contributed by atoms with Crippen molar-refractivity contribution in [1.29, 1.82) is 0 Å². The molecule has 4 N–H and O–H groups in total. The zero-order chi connectivity index (χ0) is 13.0. The first-order chi connectivity index (χ1) is 8.72. The number of nitrogens with two attached hydrogens (primary N) is 1. The molecule has 2 rings (SSSR count). The third kappa shape index (κ3) is 2.98. The van der Waals surface area contributed by atoms with E-state index >= 15 is 0 Å². The van der Waals surface area contributed by atoms with E-state index in [9.17, 15) is 4.79 Å². The van der Waals surface area contributed by atoms with Crippen LogP contribution < -0.4 is 16.6 Å². The number of rotatable bonds is 4. The van der Waals surface area contributed by atoms with Crippen LogP contribution in [0.25, 0.3) is 0 Å². The maximum Gasteiger partial charge on any atom is 0.251 e. The molecular formula is C13H20N4O. The predicted octanol–water partition coefficient (Wildman–Crippen LogP) is 1.60. The van der Waals surface area contributed by atoms with Crippen LogP contribution in [0.2, 0.25) is 0 Å². The topological polar surface area (TPSA) is 80.0 Å². The van der Waals surface area contributed by atoms with Gasteiger partial charge in [0.15, 0.2) is 0 Å². The molecule has 1 amide bonds. The number of aryl methyl sites for hydroxylation is 1. The molecule has 0 aromatic carbocycles. The Hall–Kier alpha value is -1.62. The Labute approximate surface area is 107 Å². The van der Waals surface area contributed by atoms with Crippen molar-refractivity contribution in [2.45, 2.75) is 45.1 Å². The van der Waals surface area contributed by atoms with Crippen molar-refractivity contribution in [2.75, 3.05) is 5.43 Å². The second-order valence-corrected chi connectivity index (χ2v) is 4.69. The summed E-state index contributed by atoms with van der Waals surface area (Å²) in [5.74, 6) is 5.86. The Morgan fingerprint density at radius 3 is 2.78 bits per heavy atom. The van der Waals surface area contributed by atoms with Crippen molar-refractivity contribution in [1.82, 2.24) is 10.3 Å². The first kappa shape index (κ1) is 12.8. The van der Waals surface area contributed by atoms with E-state index in [0.29, 0.717) is 17.4 Å². The van der Waals surface area contributed by atoms with E-state index < -0.39 is 0 Å². The van der Waals surface area contributed by atoms with Gasteiger partial charge in [0.25, 0.3) is 5.91 Å². The molecule has 0 atom stereocenters. The standard InChI is InChI=1S/C13H20N4O/c1-2-10-7-9(8-12(15-10)17-14)13(18)16-11-5-3-4-6-11/h7-8,11H,2-6,14H2,1H3,(H,15,17)(H,16,18). The van der Waals surface area contributed by atoms with E-state index in [0.717, 1.165) is 25.0 Å². The number of hydrazine groups is 1. The van der Waals surface area contributed by atoms with E-state index in [-0.39, 0.29) is 5.91 Å². The van der Waals surface area contributed by atoms with E-state index in [1.807, 2.05) is 13.0 Å². The van der Waals surface area contributed by atoms with Gasteiger partial charge in [0, 0.05) is 17.3 Å². The first-order valence-electron chi connectivity index (χ1n) is 6.51. The van der Waals surface area contributed by atoms with Crippen molar-refractivity contribution in [3.05, 3.63) is 23.4 Å². The zero-order valence-corrected chi connectivity index (χ0v) is 10.7. The third-order valence-electron chi connectivity index (χ3n) is 3.34. The van der Waals surface area contributed by atoms with Gasteiger partial charge in [-0.2, -0.15) is 0 Å². The Morgan fingerprint density at radius 2 is 2.17 bits per heavy atom. The number of hydrogen-bond donors (Lipinski definition) is 3. The van der Waals surface area contributed by atoms with Crippen LogP contribution in [0.4, 0.5) is 5.82 Å². The van der Waals surface area contributed by atoms with Gasteiger partial charge in [-0.3, -0.25) is 4.79 Å². The minimum atomic E-state index is -0.0319. The van der Waals surface area contributed by atoms with Crippen molar-refractivity contribution in [3.63, 3.8) is 0 Å². The molecule has 0 bridgehead atoms. The van der Waals surface area contributed by atoms with Gasteiger partial charge in [-0.15, -0.1) is 0 Å². The van der Waals surface area contributed by atoms with Gasteiger partial charge in [0.1, 0.15) is 5.82 Å². The quantitative estimate of drug-likeness (QED) is 0.558. The lowest BCUT2D eigenvalue weighted by Gasteiger charge is -2.13. The second-order valence-electron chi connectivity index (χ2n) is 4.69. The van der Waals surface area contributed by atoms with Crippen molar-refractivity contribution in [2.24, 2.45) is 5.84 Å². The van der Waals surface area contributed by atoms with Gasteiger partial charge in [-0.25, -0.2) is 10.8 Å². The Bertz CT molecular complexity index is 405. The molecule has 0 radical (unpaired) electrons. The zero-order valence-electron chi connectivity index (χ0n) is 10.7. The van der Waals surface area contributed by atoms with Gasteiger partial charge in [0.2, 0.25) is 0 Å². The molecule has 5 nitrogen and oxygen atoms in total. The first-order valence-corrected chi connectivity index (χ1v) is 6.51. The van der Waals surface area contributed by atoms with E-state index in [1.165, 1.54) is 12.8 Å². The summed E-state index contributed by atoms with van der Waals surface area (Å²) in [5, 5.41) is 3.06. The van der Waals surface area contributed by atoms with Crippen LogP contribution in [-0.2, 0) is 6.42 Å². The number of pyridine rings is 1. The van der Waals surface area contributed by atoms with E-state index in [1.54, 1.807) is 6.07 Å². The average molecular weight is 248 g/mol. The van der Waals surface area contributed by atoms with Gasteiger partial charge in [-0.05, 0) is 31.4 Å². The Balaban J connectivity index is 2.12. The minimum Gasteiger partial charge on any atom is -0.349 e. The number of carbonyl (C=O) groups is 1. The number of carbonyl (C=O) groups excluding carboxylic acids is 1. The number of nitrogens with one attached hydrogen (secondary N) is 2. The minimum absolute atomic E-state index is 0.0319. The summed E-state index contributed by atoms with van der Waals surface area (Å²) >= 11 is 0. The summed E-state index contributed by atoms with van der Waals surface area (Å²) < 4.78 is 0. The fourth-order valence-corrected chi connectivity index (χ4v) is 2.31. The van der Waals surface area contributed by atoms with Crippen LogP contribution in [0, 0.1) is 0 Å². The fourth-order valence-electron chi connectivity index (χ4n) is 2.31. The largest absolute Gasteiger partial charge is 0.349 e. The van der Waals surface area contributed by atoms with E-state index in [2.05, 4.69) is 15.7 Å². The van der Waals surface area contributed by atoms with Crippen molar-refractivity contribution >= 4 is 11.7 Å². The van der Waals surface area contributed by atoms with Gasteiger partial charge in [-0.1, -0.05) is 19.8 Å². The SMILES string of the molecule is CCc1cc(C(=O)NC2CCCC2)cc(NN)n1. The molecule has 18 heavy (non-hydrogen) atoms. The molecule has 1 aliphatic carbocycles. The molecule has 1 aromatic rings. The second kappa shape index (κ2) is 5.82. The lowest BCUT2D eigenvalue weighted by molar-refractivity contribution is 0.0937. The molecule has 1 fully saturated rings. The van der Waals surface area contributed by atoms with Gasteiger partial charge in [0.05, 0.1) is 0 Å². The summed E-state index contributed by atoms with van der Waals surface area (Å²) in [5.41, 5.74) is 3.99. The summed E-state index contributed by atoms with van der Waals surface area (Å²) in [6.07, 6.45) is 5.35. The number of hydrogen-bond acceptors (Lipinski definition) is 4. The molecule has 0 aliphatic heterocycles. The number of anilines is 1. The lowest BCUT2D eigenvalue weighted by atomic mass is 10.1. The van der Waals surface area contributed by atoms with Crippen LogP contribution in [0.1, 0.15) is 48.7 Å². The lowest BCUT2D eigenvalue weighted by Crippen LogP contribution is -2.32. The van der Waals surface area contributed by atoms with Gasteiger partial charge >= 0.3 is 0 Å². The molecule has 98 valence electrons. The van der Waals surface area contributed by atoms with Crippen LogP contribution in [0.5, 0.6) is 0 Å². The highest BCUT2D eigenvalue weighted by Crippen LogP contribution is 2.18. The summed E-state index contributed by atoms with van der Waals surface area (Å²) in [6.45, 7) is 2.00. The number of amides is 1. The number of nitrogen functional groups attached to an aromatic ring is 1.